The highest BCUT2D eigenvalue weighted by Crippen LogP contribution is 2.33. The monoisotopic (exact) mass is 324 g/mol. The molecule has 0 bridgehead atoms. The summed E-state index contributed by atoms with van der Waals surface area (Å²) in [5.74, 6) is 0.782. The number of thiophene rings is 1. The Hall–Kier alpha value is -1.94. The highest BCUT2D eigenvalue weighted by atomic mass is 32.1. The maximum Gasteiger partial charge on any atom is 0.271 e. The Morgan fingerprint density at radius 3 is 2.61 bits per heavy atom. The van der Waals surface area contributed by atoms with Crippen LogP contribution in [0.3, 0.4) is 0 Å². The van der Waals surface area contributed by atoms with E-state index in [4.69, 9.17) is 0 Å². The van der Waals surface area contributed by atoms with Gasteiger partial charge in [-0.3, -0.25) is 9.36 Å². The Balaban J connectivity index is 1.77. The lowest BCUT2D eigenvalue weighted by Crippen LogP contribution is -2.27. The van der Waals surface area contributed by atoms with E-state index in [1.807, 2.05) is 22.8 Å². The van der Waals surface area contributed by atoms with Crippen LogP contribution in [0.5, 0.6) is 0 Å². The van der Waals surface area contributed by atoms with Crippen molar-refractivity contribution >= 4 is 21.6 Å². The number of nitrogens with zero attached hydrogens (tertiary/aromatic N) is 2. The lowest BCUT2D eigenvalue weighted by molar-refractivity contribution is 0.284. The van der Waals surface area contributed by atoms with Crippen molar-refractivity contribution in [1.29, 1.82) is 0 Å². The second-order valence-electron chi connectivity index (χ2n) is 6.56. The molecule has 1 saturated carbocycles. The number of aromatic nitrogens is 2. The molecule has 4 rings (SSSR count). The van der Waals surface area contributed by atoms with Crippen molar-refractivity contribution in [3.63, 3.8) is 0 Å². The van der Waals surface area contributed by atoms with Crippen LogP contribution in [0.2, 0.25) is 0 Å². The first-order chi connectivity index (χ1) is 11.2. The minimum atomic E-state index is 0.127. The SMILES string of the molecule is C[C@H]1CC[C@H](n2cnc3c(-c4ccccc4)csc3c2=O)CC1. The highest BCUT2D eigenvalue weighted by molar-refractivity contribution is 7.17. The van der Waals surface area contributed by atoms with Gasteiger partial charge in [0.25, 0.3) is 5.56 Å². The summed E-state index contributed by atoms with van der Waals surface area (Å²) >= 11 is 1.52. The predicted molar refractivity (Wildman–Crippen MR) is 96.0 cm³/mol. The average Bonchev–Trinajstić information content (AvgIpc) is 3.02. The first-order valence-electron chi connectivity index (χ1n) is 8.28. The summed E-state index contributed by atoms with van der Waals surface area (Å²) in [5, 5.41) is 2.06. The molecule has 1 aromatic carbocycles. The Morgan fingerprint density at radius 2 is 1.87 bits per heavy atom. The van der Waals surface area contributed by atoms with E-state index in [-0.39, 0.29) is 5.56 Å². The van der Waals surface area contributed by atoms with Crippen LogP contribution in [-0.2, 0) is 0 Å². The molecule has 0 aliphatic heterocycles. The third-order valence-corrected chi connectivity index (χ3v) is 5.93. The van der Waals surface area contributed by atoms with E-state index in [1.165, 1.54) is 24.2 Å². The zero-order valence-corrected chi connectivity index (χ0v) is 14.1. The number of benzene rings is 1. The van der Waals surface area contributed by atoms with Crippen LogP contribution >= 0.6 is 11.3 Å². The highest BCUT2D eigenvalue weighted by Gasteiger charge is 2.22. The molecule has 3 aromatic rings. The molecule has 2 heterocycles. The molecule has 0 atom stereocenters. The van der Waals surface area contributed by atoms with Gasteiger partial charge >= 0.3 is 0 Å². The molecule has 23 heavy (non-hydrogen) atoms. The van der Waals surface area contributed by atoms with Gasteiger partial charge in [-0.2, -0.15) is 0 Å². The Bertz CT molecular complexity index is 873. The van der Waals surface area contributed by atoms with Crippen LogP contribution in [0.4, 0.5) is 0 Å². The number of hydrogen-bond acceptors (Lipinski definition) is 3. The molecule has 0 amide bonds. The van der Waals surface area contributed by atoms with Crippen molar-refractivity contribution in [3.05, 3.63) is 52.4 Å². The van der Waals surface area contributed by atoms with Gasteiger partial charge in [0, 0.05) is 17.0 Å². The molecule has 118 valence electrons. The second kappa shape index (κ2) is 5.93. The topological polar surface area (TPSA) is 34.9 Å². The minimum Gasteiger partial charge on any atom is -0.295 e. The van der Waals surface area contributed by atoms with E-state index in [0.29, 0.717) is 6.04 Å². The van der Waals surface area contributed by atoms with Gasteiger partial charge in [0.05, 0.1) is 11.8 Å². The third kappa shape index (κ3) is 2.61. The van der Waals surface area contributed by atoms with Crippen molar-refractivity contribution in [2.45, 2.75) is 38.6 Å². The van der Waals surface area contributed by atoms with E-state index in [1.54, 1.807) is 6.33 Å². The molecule has 0 radical (unpaired) electrons. The molecule has 0 unspecified atom stereocenters. The molecular weight excluding hydrogens is 304 g/mol. The number of hydrogen-bond donors (Lipinski definition) is 0. The Kier molecular flexibility index (Phi) is 3.77. The third-order valence-electron chi connectivity index (χ3n) is 4.97. The van der Waals surface area contributed by atoms with Gasteiger partial charge in [-0.25, -0.2) is 4.98 Å². The lowest BCUT2D eigenvalue weighted by Gasteiger charge is -2.27. The molecule has 0 spiro atoms. The molecular formula is C19H20N2OS. The van der Waals surface area contributed by atoms with E-state index in [9.17, 15) is 4.79 Å². The molecule has 1 fully saturated rings. The molecule has 1 aliphatic rings. The smallest absolute Gasteiger partial charge is 0.271 e. The summed E-state index contributed by atoms with van der Waals surface area (Å²) in [5.41, 5.74) is 3.15. The fourth-order valence-corrected chi connectivity index (χ4v) is 4.49. The van der Waals surface area contributed by atoms with Crippen LogP contribution in [0.25, 0.3) is 21.3 Å². The first kappa shape index (κ1) is 14.6. The molecule has 3 nitrogen and oxygen atoms in total. The van der Waals surface area contributed by atoms with Crippen molar-refractivity contribution in [1.82, 2.24) is 9.55 Å². The summed E-state index contributed by atoms with van der Waals surface area (Å²) in [6.07, 6.45) is 6.35. The van der Waals surface area contributed by atoms with Crippen LogP contribution < -0.4 is 5.56 Å². The first-order valence-corrected chi connectivity index (χ1v) is 9.16. The van der Waals surface area contributed by atoms with Gasteiger partial charge in [-0.1, -0.05) is 37.3 Å². The fourth-order valence-electron chi connectivity index (χ4n) is 3.52. The molecule has 4 heteroatoms. The molecule has 0 saturated heterocycles. The average molecular weight is 324 g/mol. The van der Waals surface area contributed by atoms with Gasteiger partial charge in [-0.15, -0.1) is 11.3 Å². The van der Waals surface area contributed by atoms with Crippen molar-refractivity contribution < 1.29 is 0 Å². The zero-order valence-electron chi connectivity index (χ0n) is 13.2. The largest absolute Gasteiger partial charge is 0.295 e. The van der Waals surface area contributed by atoms with Gasteiger partial charge in [-0.05, 0) is 37.2 Å². The van der Waals surface area contributed by atoms with Crippen LogP contribution in [-0.4, -0.2) is 9.55 Å². The Morgan fingerprint density at radius 1 is 1.13 bits per heavy atom. The standard InChI is InChI=1S/C19H20N2OS/c1-13-7-9-15(10-8-13)21-12-20-17-16(11-23-18(17)19(21)22)14-5-3-2-4-6-14/h2-6,11-13,15H,7-10H2,1H3/t13-,15-. The van der Waals surface area contributed by atoms with Gasteiger partial charge in [0.15, 0.2) is 0 Å². The van der Waals surface area contributed by atoms with E-state index >= 15 is 0 Å². The van der Waals surface area contributed by atoms with Crippen molar-refractivity contribution in [2.75, 3.05) is 0 Å². The van der Waals surface area contributed by atoms with E-state index < -0.39 is 0 Å². The molecule has 1 aliphatic carbocycles. The second-order valence-corrected chi connectivity index (χ2v) is 7.44. The van der Waals surface area contributed by atoms with Crippen LogP contribution in [0.1, 0.15) is 38.6 Å². The Labute approximate surface area is 139 Å². The number of rotatable bonds is 2. The minimum absolute atomic E-state index is 0.127. The summed E-state index contributed by atoms with van der Waals surface area (Å²) in [6.45, 7) is 2.30. The van der Waals surface area contributed by atoms with E-state index in [0.717, 1.165) is 40.1 Å². The normalized spacial score (nSPS) is 21.6. The predicted octanol–water partition coefficient (Wildman–Crippen LogP) is 4.88. The maximum absolute atomic E-state index is 12.9. The summed E-state index contributed by atoms with van der Waals surface area (Å²) in [6, 6.07) is 10.5. The van der Waals surface area contributed by atoms with Crippen molar-refractivity contribution in [3.8, 4) is 11.1 Å². The number of fused-ring (bicyclic) bond motifs is 1. The summed E-state index contributed by atoms with van der Waals surface area (Å²) in [7, 11) is 0. The summed E-state index contributed by atoms with van der Waals surface area (Å²) in [4.78, 5) is 17.5. The molecule has 2 aromatic heterocycles. The fraction of sp³-hybridized carbons (Fsp3) is 0.368. The van der Waals surface area contributed by atoms with Crippen LogP contribution in [0, 0.1) is 5.92 Å². The van der Waals surface area contributed by atoms with Crippen molar-refractivity contribution in [2.24, 2.45) is 5.92 Å². The van der Waals surface area contributed by atoms with Gasteiger partial charge in [0.2, 0.25) is 0 Å². The molecule has 0 N–H and O–H groups in total. The van der Waals surface area contributed by atoms with Gasteiger partial charge < -0.3 is 0 Å². The van der Waals surface area contributed by atoms with Crippen LogP contribution in [0.15, 0.2) is 46.8 Å². The summed E-state index contributed by atoms with van der Waals surface area (Å²) < 4.78 is 2.66. The lowest BCUT2D eigenvalue weighted by atomic mass is 9.87. The maximum atomic E-state index is 12.9. The quantitative estimate of drug-likeness (QED) is 0.673. The zero-order chi connectivity index (χ0) is 15.8. The van der Waals surface area contributed by atoms with E-state index in [2.05, 4.69) is 29.4 Å². The van der Waals surface area contributed by atoms with Gasteiger partial charge in [0.1, 0.15) is 4.70 Å².